The number of carbonyl (C=O) groups is 2. The van der Waals surface area contributed by atoms with Crippen LogP contribution in [0.15, 0.2) is 84.9 Å². The van der Waals surface area contributed by atoms with Gasteiger partial charge in [-0.1, -0.05) is 79.7 Å². The number of halogens is 1. The number of nitrogens with zero attached hydrogens (tertiary/aromatic N) is 1. The first-order valence-electron chi connectivity index (χ1n) is 11.8. The van der Waals surface area contributed by atoms with Crippen molar-refractivity contribution in [2.75, 3.05) is 25.0 Å². The van der Waals surface area contributed by atoms with Gasteiger partial charge in [0.25, 0.3) is 0 Å². The summed E-state index contributed by atoms with van der Waals surface area (Å²) in [6, 6.07) is 26.2. The van der Waals surface area contributed by atoms with E-state index in [1.807, 2.05) is 43.3 Å². The zero-order chi connectivity index (χ0) is 24.2. The van der Waals surface area contributed by atoms with E-state index in [1.54, 1.807) is 17.0 Å². The lowest BCUT2D eigenvalue weighted by Gasteiger charge is -2.23. The number of anilines is 1. The molecule has 0 aromatic heterocycles. The maximum absolute atomic E-state index is 13.9. The first kappa shape index (κ1) is 25.0. The summed E-state index contributed by atoms with van der Waals surface area (Å²) in [6.45, 7) is 3.23. The molecule has 6 heteroatoms. The summed E-state index contributed by atoms with van der Waals surface area (Å²) in [4.78, 5) is 26.7. The molecule has 3 aromatic rings. The molecule has 0 unspecified atom stereocenters. The Kier molecular flexibility index (Phi) is 9.65. The second kappa shape index (κ2) is 13.1. The Balaban J connectivity index is 1.51. The predicted octanol–water partition coefficient (Wildman–Crippen LogP) is 5.80. The van der Waals surface area contributed by atoms with E-state index in [-0.39, 0.29) is 30.5 Å². The normalized spacial score (nSPS) is 10.7. The van der Waals surface area contributed by atoms with E-state index in [2.05, 4.69) is 34.9 Å². The average Bonchev–Trinajstić information content (AvgIpc) is 2.87. The van der Waals surface area contributed by atoms with Gasteiger partial charge in [0.1, 0.15) is 5.82 Å². The quantitative estimate of drug-likeness (QED) is 0.379. The largest absolute Gasteiger partial charge is 0.356 e. The molecule has 0 saturated heterocycles. The van der Waals surface area contributed by atoms with Gasteiger partial charge < -0.3 is 15.5 Å². The number of rotatable bonds is 11. The topological polar surface area (TPSA) is 61.4 Å². The van der Waals surface area contributed by atoms with Crippen LogP contribution in [-0.2, 0) is 4.79 Å². The third kappa shape index (κ3) is 7.44. The highest BCUT2D eigenvalue weighted by Crippen LogP contribution is 2.27. The predicted molar refractivity (Wildman–Crippen MR) is 134 cm³/mol. The molecule has 3 rings (SSSR count). The molecule has 3 amide bonds. The highest BCUT2D eigenvalue weighted by Gasteiger charge is 2.17. The number of benzene rings is 3. The molecule has 3 aromatic carbocycles. The number of nitrogens with one attached hydrogen (secondary N) is 2. The van der Waals surface area contributed by atoms with Crippen LogP contribution in [0.3, 0.4) is 0 Å². The third-order valence-electron chi connectivity index (χ3n) is 5.66. The van der Waals surface area contributed by atoms with Gasteiger partial charge in [-0.05, 0) is 36.1 Å². The summed E-state index contributed by atoms with van der Waals surface area (Å²) >= 11 is 0. The molecule has 0 aliphatic heterocycles. The number of carbonyl (C=O) groups excluding carboxylic acids is 2. The van der Waals surface area contributed by atoms with Crippen molar-refractivity contribution in [3.63, 3.8) is 0 Å². The number of hydrogen-bond donors (Lipinski definition) is 2. The molecule has 5 nitrogen and oxygen atoms in total. The van der Waals surface area contributed by atoms with Crippen LogP contribution < -0.4 is 10.6 Å². The third-order valence-corrected chi connectivity index (χ3v) is 5.66. The summed E-state index contributed by atoms with van der Waals surface area (Å²) in [5.41, 5.74) is 2.55. The first-order valence-corrected chi connectivity index (χ1v) is 11.8. The van der Waals surface area contributed by atoms with Gasteiger partial charge in [0.2, 0.25) is 5.91 Å². The van der Waals surface area contributed by atoms with Gasteiger partial charge in [-0.15, -0.1) is 0 Å². The molecule has 0 heterocycles. The summed E-state index contributed by atoms with van der Waals surface area (Å²) in [7, 11) is 0. The molecule has 0 aliphatic carbocycles. The summed E-state index contributed by atoms with van der Waals surface area (Å²) in [5.74, 6) is -0.415. The Morgan fingerprint density at radius 1 is 0.853 bits per heavy atom. The van der Waals surface area contributed by atoms with E-state index >= 15 is 0 Å². The highest BCUT2D eigenvalue weighted by molar-refractivity contribution is 5.89. The lowest BCUT2D eigenvalue weighted by molar-refractivity contribution is -0.121. The Bertz CT molecular complexity index is 1000. The maximum Gasteiger partial charge on any atom is 0.321 e. The number of urea groups is 1. The maximum atomic E-state index is 13.9. The van der Waals surface area contributed by atoms with Crippen LogP contribution in [-0.4, -0.2) is 36.5 Å². The van der Waals surface area contributed by atoms with E-state index in [9.17, 15) is 14.0 Å². The second-order valence-corrected chi connectivity index (χ2v) is 8.16. The molecule has 0 atom stereocenters. The number of hydrogen-bond acceptors (Lipinski definition) is 2. The van der Waals surface area contributed by atoms with E-state index in [1.165, 1.54) is 23.3 Å². The van der Waals surface area contributed by atoms with E-state index in [0.29, 0.717) is 13.1 Å². The van der Waals surface area contributed by atoms with E-state index in [0.717, 1.165) is 12.8 Å². The van der Waals surface area contributed by atoms with Crippen LogP contribution in [0.4, 0.5) is 14.9 Å². The minimum atomic E-state index is -0.489. The minimum absolute atomic E-state index is 0.111. The van der Waals surface area contributed by atoms with Crippen molar-refractivity contribution in [2.24, 2.45) is 0 Å². The highest BCUT2D eigenvalue weighted by atomic mass is 19.1. The van der Waals surface area contributed by atoms with Crippen LogP contribution in [0.1, 0.15) is 43.2 Å². The van der Waals surface area contributed by atoms with Crippen LogP contribution >= 0.6 is 0 Å². The molecule has 34 heavy (non-hydrogen) atoms. The van der Waals surface area contributed by atoms with Gasteiger partial charge in [0, 0.05) is 32.0 Å². The summed E-state index contributed by atoms with van der Waals surface area (Å²) in [5, 5.41) is 5.58. The fourth-order valence-corrected chi connectivity index (χ4v) is 3.92. The van der Waals surface area contributed by atoms with Gasteiger partial charge >= 0.3 is 6.03 Å². The standard InChI is InChI=1S/C28H32FN3O2/c1-2-20-32(28(34)31-26-16-10-9-15-25(26)29)21-18-27(33)30-19-17-24(22-11-5-3-6-12-22)23-13-7-4-8-14-23/h3-16,24H,2,17-21H2,1H3,(H,30,33)(H,31,34). The smallest absolute Gasteiger partial charge is 0.321 e. The SMILES string of the molecule is CCCN(CCC(=O)NCCC(c1ccccc1)c1ccccc1)C(=O)Nc1ccccc1F. The Labute approximate surface area is 201 Å². The van der Waals surface area contributed by atoms with Crippen LogP contribution in [0, 0.1) is 5.82 Å². The molecule has 0 saturated carbocycles. The molecule has 0 spiro atoms. The van der Waals surface area contributed by atoms with E-state index < -0.39 is 11.8 Å². The molecule has 0 bridgehead atoms. The molecular weight excluding hydrogens is 429 g/mol. The van der Waals surface area contributed by atoms with Crippen molar-refractivity contribution in [1.29, 1.82) is 0 Å². The Hall–Kier alpha value is -3.67. The minimum Gasteiger partial charge on any atom is -0.356 e. The molecule has 0 radical (unpaired) electrons. The van der Waals surface area contributed by atoms with Crippen LogP contribution in [0.5, 0.6) is 0 Å². The second-order valence-electron chi connectivity index (χ2n) is 8.16. The van der Waals surface area contributed by atoms with Gasteiger partial charge in [0.15, 0.2) is 0 Å². The summed E-state index contributed by atoms with van der Waals surface area (Å²) in [6.07, 6.45) is 1.69. The zero-order valence-corrected chi connectivity index (χ0v) is 19.5. The van der Waals surface area contributed by atoms with Crippen LogP contribution in [0.25, 0.3) is 0 Å². The van der Waals surface area contributed by atoms with Crippen molar-refractivity contribution in [3.05, 3.63) is 102 Å². The van der Waals surface area contributed by atoms with Crippen molar-refractivity contribution < 1.29 is 14.0 Å². The Morgan fingerprint density at radius 2 is 1.44 bits per heavy atom. The van der Waals surface area contributed by atoms with E-state index in [4.69, 9.17) is 0 Å². The average molecular weight is 462 g/mol. The van der Waals surface area contributed by atoms with Crippen molar-refractivity contribution >= 4 is 17.6 Å². The lowest BCUT2D eigenvalue weighted by Crippen LogP contribution is -2.38. The number of para-hydroxylation sites is 1. The first-order chi connectivity index (χ1) is 16.6. The monoisotopic (exact) mass is 461 g/mol. The van der Waals surface area contributed by atoms with Crippen molar-refractivity contribution in [3.8, 4) is 0 Å². The van der Waals surface area contributed by atoms with Crippen LogP contribution in [0.2, 0.25) is 0 Å². The zero-order valence-electron chi connectivity index (χ0n) is 19.5. The van der Waals surface area contributed by atoms with Gasteiger partial charge in [-0.3, -0.25) is 4.79 Å². The van der Waals surface area contributed by atoms with Gasteiger partial charge in [0.05, 0.1) is 5.69 Å². The Morgan fingerprint density at radius 3 is 2.03 bits per heavy atom. The molecular formula is C28H32FN3O2. The molecule has 0 aliphatic rings. The van der Waals surface area contributed by atoms with Crippen molar-refractivity contribution in [2.45, 2.75) is 32.1 Å². The van der Waals surface area contributed by atoms with Gasteiger partial charge in [-0.2, -0.15) is 0 Å². The molecule has 0 fully saturated rings. The summed E-state index contributed by atoms with van der Waals surface area (Å²) < 4.78 is 13.9. The molecule has 178 valence electrons. The lowest BCUT2D eigenvalue weighted by atomic mass is 9.88. The fraction of sp³-hybridized carbons (Fsp3) is 0.286. The van der Waals surface area contributed by atoms with Crippen molar-refractivity contribution in [1.82, 2.24) is 10.2 Å². The molecule has 2 N–H and O–H groups in total. The number of amides is 3. The van der Waals surface area contributed by atoms with Gasteiger partial charge in [-0.25, -0.2) is 9.18 Å². The fourth-order valence-electron chi connectivity index (χ4n) is 3.92.